The summed E-state index contributed by atoms with van der Waals surface area (Å²) in [7, 11) is 0. The topological polar surface area (TPSA) is 57.8 Å². The van der Waals surface area contributed by atoms with Crippen LogP contribution >= 0.6 is 0 Å². The van der Waals surface area contributed by atoms with E-state index in [0.717, 1.165) is 0 Å². The molecular weight excluding hydrogens is 58.0 g/mol. The molecule has 4 heteroatoms. The van der Waals surface area contributed by atoms with Crippen LogP contribution in [0.25, 0.3) is 10.2 Å². The number of diazo groups is 1. The fourth-order valence-corrected chi connectivity index (χ4v) is 0. The molecule has 0 bridgehead atoms. The minimum atomic E-state index is 1.89. The lowest BCUT2D eigenvalue weighted by molar-refractivity contribution is 1.59. The van der Waals surface area contributed by atoms with Crippen molar-refractivity contribution in [3.63, 3.8) is 0 Å². The highest BCUT2D eigenvalue weighted by Crippen LogP contribution is 1.44. The molecule has 0 unspecified atom stereocenters. The fraction of sp³-hybridized carbons (Fsp3) is 0. The third kappa shape index (κ3) is 1.02. The largest absolute Gasteiger partial charge is 0.545 e. The Morgan fingerprint density at radius 2 is 2.00 bits per heavy atom. The van der Waals surface area contributed by atoms with E-state index in [9.17, 15) is 0 Å². The maximum absolute atomic E-state index is 8.63. The molecule has 22 valence electrons. The first-order valence-corrected chi connectivity index (χ1v) is 0.641. The van der Waals surface area contributed by atoms with Crippen LogP contribution in [0, 0.1) is 5.21 Å². The van der Waals surface area contributed by atoms with Crippen molar-refractivity contribution in [3.05, 3.63) is 15.4 Å². The third-order valence-electron chi connectivity index (χ3n) is 0.0471. The van der Waals surface area contributed by atoms with Crippen molar-refractivity contribution in [1.82, 2.24) is 0 Å². The van der Waals surface area contributed by atoms with Crippen molar-refractivity contribution >= 4 is 0 Å². The van der Waals surface area contributed by atoms with E-state index in [1.54, 1.807) is 0 Å². The zero-order chi connectivity index (χ0) is 3.41. The second kappa shape index (κ2) is 2.02. The van der Waals surface area contributed by atoms with E-state index in [1.807, 2.05) is 5.14 Å². The van der Waals surface area contributed by atoms with Gasteiger partial charge in [0.25, 0.3) is 0 Å². The van der Waals surface area contributed by atoms with E-state index in [1.165, 1.54) is 0 Å². The normalized spacial score (nSPS) is 3.00. The van der Waals surface area contributed by atoms with Gasteiger partial charge in [-0.3, -0.25) is 0 Å². The standard InChI is InChI=1S/H2N3O/c1-2-3-4/h1H2/q+1. The predicted octanol–water partition coefficient (Wildman–Crippen LogP) is 0.0203. The molecule has 4 heavy (non-hydrogen) atoms. The van der Waals surface area contributed by atoms with Crippen molar-refractivity contribution < 1.29 is 0 Å². The zero-order valence-electron chi connectivity index (χ0n) is 1.88. The molecule has 0 heterocycles. The van der Waals surface area contributed by atoms with E-state index in [0.29, 0.717) is 0 Å². The van der Waals surface area contributed by atoms with Crippen LogP contribution in [-0.2, 0) is 0 Å². The molecule has 0 aliphatic carbocycles. The maximum atomic E-state index is 8.63. The van der Waals surface area contributed by atoms with Gasteiger partial charge in [0, 0.05) is 0 Å². The lowest BCUT2D eigenvalue weighted by Crippen LogP contribution is -1.62. The molecule has 0 atom stereocenters. The molecule has 0 amide bonds. The molecule has 0 saturated heterocycles. The molecule has 2 N–H and O–H groups in total. The number of rotatable bonds is 0. The van der Waals surface area contributed by atoms with Crippen LogP contribution < -0.4 is 5.84 Å². The number of nitrogens with zero attached hydrogens (tertiary/aromatic N) is 2. The zero-order valence-corrected chi connectivity index (χ0v) is 1.88. The third-order valence-corrected chi connectivity index (χ3v) is 0.0471. The van der Waals surface area contributed by atoms with Crippen LogP contribution in [0.1, 0.15) is 0 Å². The van der Waals surface area contributed by atoms with Crippen LogP contribution in [-0.4, -0.2) is 0 Å². The summed E-state index contributed by atoms with van der Waals surface area (Å²) in [5, 5.41) is 12.8. The Labute approximate surface area is 22.6 Å². The Balaban J connectivity index is 2.83. The first-order chi connectivity index (χ1) is 1.91. The minimum Gasteiger partial charge on any atom is -0.545 e. The highest BCUT2D eigenvalue weighted by atomic mass is 16.4. The van der Waals surface area contributed by atoms with Gasteiger partial charge in [-0.25, -0.2) is 0 Å². The summed E-state index contributed by atoms with van der Waals surface area (Å²) in [5.74, 6) is 4.17. The van der Waals surface area contributed by atoms with Gasteiger partial charge in [0.2, 0.25) is 5.14 Å². The van der Waals surface area contributed by atoms with Crippen molar-refractivity contribution in [2.45, 2.75) is 0 Å². The Bertz CT molecular complexity index is 40.0. The van der Waals surface area contributed by atoms with Crippen molar-refractivity contribution in [2.24, 2.45) is 5.84 Å². The summed E-state index contributed by atoms with van der Waals surface area (Å²) in [6.07, 6.45) is 0. The van der Waals surface area contributed by atoms with Crippen LogP contribution in [0.5, 0.6) is 0 Å². The predicted molar refractivity (Wildman–Crippen MR) is 14.3 cm³/mol. The summed E-state index contributed by atoms with van der Waals surface area (Å²) < 4.78 is 0. The summed E-state index contributed by atoms with van der Waals surface area (Å²) >= 11 is 0. The van der Waals surface area contributed by atoms with Crippen LogP contribution in [0.15, 0.2) is 0 Å². The minimum absolute atomic E-state index is 1.89. The SMILES string of the molecule is N[N+]#[N+][O-]. The van der Waals surface area contributed by atoms with Gasteiger partial charge in [-0.05, 0) is 0 Å². The summed E-state index contributed by atoms with van der Waals surface area (Å²) in [5.41, 5.74) is 0. The second-order valence-corrected chi connectivity index (χ2v) is 0.197. The van der Waals surface area contributed by atoms with E-state index < -0.39 is 0 Å². The molecule has 0 aromatic rings. The molecule has 0 aliphatic heterocycles. The number of hydrogen-bond acceptors (Lipinski definition) is 2. The lowest BCUT2D eigenvalue weighted by Gasteiger charge is -1.34. The Hall–Kier alpha value is -0.980. The van der Waals surface area contributed by atoms with Gasteiger partial charge in [-0.1, -0.05) is 0 Å². The van der Waals surface area contributed by atoms with Gasteiger partial charge in [0.1, 0.15) is 0 Å². The molecule has 0 spiro atoms. The summed E-state index contributed by atoms with van der Waals surface area (Å²) in [6.45, 7) is 0. The molecule has 0 aromatic heterocycles. The summed E-state index contributed by atoms with van der Waals surface area (Å²) in [6, 6.07) is 0. The van der Waals surface area contributed by atoms with Crippen molar-refractivity contribution in [1.29, 1.82) is 0 Å². The van der Waals surface area contributed by atoms with Crippen molar-refractivity contribution in [2.75, 3.05) is 0 Å². The Kier molecular flexibility index (Phi) is 1.53. The monoisotopic (exact) mass is 60.0 g/mol. The number of nitrogens with two attached hydrogens (primary N) is 1. The highest BCUT2D eigenvalue weighted by molar-refractivity contribution is 4.59. The Morgan fingerprint density at radius 3 is 2.00 bits per heavy atom. The molecule has 0 rings (SSSR count). The molecule has 0 radical (unpaired) electrons. The average molecular weight is 60.0 g/mol. The van der Waals surface area contributed by atoms with Crippen LogP contribution in [0.2, 0.25) is 0 Å². The van der Waals surface area contributed by atoms with Gasteiger partial charge in [-0.2, -0.15) is 0 Å². The van der Waals surface area contributed by atoms with E-state index >= 15 is 0 Å². The lowest BCUT2D eigenvalue weighted by atomic mass is 12.8. The van der Waals surface area contributed by atoms with Gasteiger partial charge in [0.15, 0.2) is 0 Å². The first-order valence-electron chi connectivity index (χ1n) is 0.641. The number of hydrogen-bond donors (Lipinski definition) is 1. The van der Waals surface area contributed by atoms with Gasteiger partial charge in [-0.15, -0.1) is 0 Å². The summed E-state index contributed by atoms with van der Waals surface area (Å²) in [4.78, 5) is 0. The smallest absolute Gasteiger partial charge is 0.467 e. The van der Waals surface area contributed by atoms with Gasteiger partial charge in [0.05, 0.1) is 5.84 Å². The fourth-order valence-electron chi connectivity index (χ4n) is 0. The van der Waals surface area contributed by atoms with Crippen LogP contribution in [0.4, 0.5) is 0 Å². The molecule has 0 fully saturated rings. The quantitative estimate of drug-likeness (QED) is 0.243. The molecule has 0 saturated carbocycles. The van der Waals surface area contributed by atoms with Gasteiger partial charge < -0.3 is 5.21 Å². The maximum Gasteiger partial charge on any atom is 0.467 e. The molecule has 0 aromatic carbocycles. The molecular formula is H2N3O+. The highest BCUT2D eigenvalue weighted by Gasteiger charge is 1.54. The second-order valence-electron chi connectivity index (χ2n) is 0.197. The van der Waals surface area contributed by atoms with Crippen molar-refractivity contribution in [3.8, 4) is 0 Å². The van der Waals surface area contributed by atoms with E-state index in [4.69, 9.17) is 5.21 Å². The Morgan fingerprint density at radius 1 is 1.75 bits per heavy atom. The molecule has 4 nitrogen and oxygen atoms in total. The molecule has 0 aliphatic rings. The van der Waals surface area contributed by atoms with Crippen LogP contribution in [0.3, 0.4) is 0 Å². The first kappa shape index (κ1) is 3.02. The van der Waals surface area contributed by atoms with E-state index in [-0.39, 0.29) is 0 Å². The van der Waals surface area contributed by atoms with E-state index in [2.05, 4.69) is 10.9 Å². The van der Waals surface area contributed by atoms with Gasteiger partial charge >= 0.3 is 5.08 Å². The average Bonchev–Trinajstić information content (AvgIpc) is 1.37.